The number of benzene rings is 1. The molecule has 2 atom stereocenters. The Morgan fingerprint density at radius 3 is 2.52 bits per heavy atom. The predicted octanol–water partition coefficient (Wildman–Crippen LogP) is 2.37. The van der Waals surface area contributed by atoms with Crippen molar-refractivity contribution >= 4 is 11.8 Å². The Morgan fingerprint density at radius 1 is 1.15 bits per heavy atom. The summed E-state index contributed by atoms with van der Waals surface area (Å²) in [4.78, 5) is 28.3. The van der Waals surface area contributed by atoms with Crippen molar-refractivity contribution in [1.82, 2.24) is 9.80 Å². The zero-order valence-electron chi connectivity index (χ0n) is 15.6. The van der Waals surface area contributed by atoms with Gasteiger partial charge in [0.2, 0.25) is 5.91 Å². The first-order chi connectivity index (χ1) is 12.8. The second kappa shape index (κ2) is 6.55. The molecule has 0 saturated carbocycles. The fourth-order valence-corrected chi connectivity index (χ4v) is 5.03. The molecule has 1 aromatic rings. The molecular formula is C20H24F2N2O3. The number of rotatable bonds is 1. The molecule has 0 radical (unpaired) electrons. The van der Waals surface area contributed by atoms with Crippen LogP contribution in [0.3, 0.4) is 0 Å². The maximum atomic E-state index is 14.1. The van der Waals surface area contributed by atoms with E-state index in [1.165, 1.54) is 13.0 Å². The molecule has 4 rings (SSSR count). The Morgan fingerprint density at radius 2 is 1.85 bits per heavy atom. The summed E-state index contributed by atoms with van der Waals surface area (Å²) in [7, 11) is 0. The Hall–Kier alpha value is -2.02. The van der Waals surface area contributed by atoms with Gasteiger partial charge in [0, 0.05) is 38.5 Å². The Bertz CT molecular complexity index is 790. The standard InChI is InChI=1S/C20H24F2N2O3/c1-12-7-14(17(22)8-16(12)21)19(26)23-5-3-20(4-6-23)11-24(13(2)25)18-10-27-9-15(18)20/h7-8,15,18H,3-6,9-11H2,1-2H3/t15-,18+/m0/s1. The van der Waals surface area contributed by atoms with Gasteiger partial charge in [-0.1, -0.05) is 0 Å². The number of carbonyl (C=O) groups is 2. The molecule has 0 N–H and O–H groups in total. The average molecular weight is 378 g/mol. The van der Waals surface area contributed by atoms with Crippen molar-refractivity contribution in [3.8, 4) is 0 Å². The zero-order valence-corrected chi connectivity index (χ0v) is 15.6. The lowest BCUT2D eigenvalue weighted by Gasteiger charge is -2.42. The predicted molar refractivity (Wildman–Crippen MR) is 94.1 cm³/mol. The van der Waals surface area contributed by atoms with E-state index < -0.39 is 17.5 Å². The van der Waals surface area contributed by atoms with Crippen molar-refractivity contribution < 1.29 is 23.1 Å². The molecule has 0 aromatic heterocycles. The molecule has 27 heavy (non-hydrogen) atoms. The van der Waals surface area contributed by atoms with Gasteiger partial charge in [-0.3, -0.25) is 9.59 Å². The van der Waals surface area contributed by atoms with Crippen LogP contribution in [0.15, 0.2) is 12.1 Å². The van der Waals surface area contributed by atoms with Crippen LogP contribution in [-0.4, -0.2) is 60.5 Å². The van der Waals surface area contributed by atoms with Gasteiger partial charge in [-0.25, -0.2) is 8.78 Å². The summed E-state index contributed by atoms with van der Waals surface area (Å²) in [5.74, 6) is -1.51. The van der Waals surface area contributed by atoms with Gasteiger partial charge < -0.3 is 14.5 Å². The molecule has 3 aliphatic heterocycles. The molecule has 1 spiro atoms. The number of ether oxygens (including phenoxy) is 1. The summed E-state index contributed by atoms with van der Waals surface area (Å²) in [6, 6.07) is 2.18. The smallest absolute Gasteiger partial charge is 0.256 e. The summed E-state index contributed by atoms with van der Waals surface area (Å²) < 4.78 is 33.2. The third-order valence-electron chi connectivity index (χ3n) is 6.65. The topological polar surface area (TPSA) is 49.9 Å². The van der Waals surface area contributed by atoms with Crippen LogP contribution in [0.4, 0.5) is 8.78 Å². The van der Waals surface area contributed by atoms with Crippen LogP contribution in [0.2, 0.25) is 0 Å². The molecule has 0 bridgehead atoms. The van der Waals surface area contributed by atoms with Gasteiger partial charge in [0.05, 0.1) is 24.8 Å². The number of likely N-dealkylation sites (tertiary alicyclic amines) is 2. The largest absolute Gasteiger partial charge is 0.379 e. The summed E-state index contributed by atoms with van der Waals surface area (Å²) in [5.41, 5.74) is 0.136. The third kappa shape index (κ3) is 2.92. The van der Waals surface area contributed by atoms with E-state index >= 15 is 0 Å². The van der Waals surface area contributed by atoms with E-state index in [4.69, 9.17) is 4.74 Å². The van der Waals surface area contributed by atoms with Crippen LogP contribution >= 0.6 is 0 Å². The van der Waals surface area contributed by atoms with Gasteiger partial charge in [0.1, 0.15) is 11.6 Å². The van der Waals surface area contributed by atoms with Gasteiger partial charge in [0.15, 0.2) is 0 Å². The summed E-state index contributed by atoms with van der Waals surface area (Å²) in [6.45, 7) is 6.04. The van der Waals surface area contributed by atoms with Crippen molar-refractivity contribution in [2.45, 2.75) is 32.7 Å². The highest BCUT2D eigenvalue weighted by Gasteiger charge is 2.56. The number of nitrogens with zero attached hydrogens (tertiary/aromatic N) is 2. The highest BCUT2D eigenvalue weighted by Crippen LogP contribution is 2.50. The summed E-state index contributed by atoms with van der Waals surface area (Å²) in [6.07, 6.45) is 1.52. The van der Waals surface area contributed by atoms with Gasteiger partial charge in [-0.05, 0) is 36.8 Å². The maximum Gasteiger partial charge on any atom is 0.256 e. The van der Waals surface area contributed by atoms with E-state index in [0.29, 0.717) is 38.8 Å². The number of hydrogen-bond donors (Lipinski definition) is 0. The highest BCUT2D eigenvalue weighted by molar-refractivity contribution is 5.94. The molecular weight excluding hydrogens is 354 g/mol. The second-order valence-electron chi connectivity index (χ2n) is 8.09. The minimum atomic E-state index is -0.823. The molecule has 5 nitrogen and oxygen atoms in total. The monoisotopic (exact) mass is 378 g/mol. The normalized spacial score (nSPS) is 26.5. The van der Waals surface area contributed by atoms with Crippen molar-refractivity contribution in [1.29, 1.82) is 0 Å². The van der Waals surface area contributed by atoms with E-state index in [2.05, 4.69) is 0 Å². The number of halogens is 2. The lowest BCUT2D eigenvalue weighted by molar-refractivity contribution is -0.130. The first-order valence-corrected chi connectivity index (χ1v) is 9.42. The minimum Gasteiger partial charge on any atom is -0.379 e. The number of amides is 2. The number of aryl methyl sites for hydroxylation is 1. The number of piperidine rings is 1. The van der Waals surface area contributed by atoms with E-state index in [9.17, 15) is 18.4 Å². The van der Waals surface area contributed by atoms with Crippen LogP contribution in [0.1, 0.15) is 35.7 Å². The minimum absolute atomic E-state index is 0.0408. The molecule has 0 aliphatic carbocycles. The summed E-state index contributed by atoms with van der Waals surface area (Å²) >= 11 is 0. The second-order valence-corrected chi connectivity index (χ2v) is 8.09. The third-order valence-corrected chi connectivity index (χ3v) is 6.65. The lowest BCUT2D eigenvalue weighted by atomic mass is 9.70. The molecule has 7 heteroatoms. The highest BCUT2D eigenvalue weighted by atomic mass is 19.1. The fraction of sp³-hybridized carbons (Fsp3) is 0.600. The molecule has 3 saturated heterocycles. The molecule has 3 heterocycles. The van der Waals surface area contributed by atoms with Crippen LogP contribution in [0.25, 0.3) is 0 Å². The van der Waals surface area contributed by atoms with Crippen molar-refractivity contribution in [3.05, 3.63) is 34.9 Å². The van der Waals surface area contributed by atoms with Crippen molar-refractivity contribution in [2.75, 3.05) is 32.8 Å². The summed E-state index contributed by atoms with van der Waals surface area (Å²) in [5, 5.41) is 0. The van der Waals surface area contributed by atoms with Crippen LogP contribution < -0.4 is 0 Å². The number of hydrogen-bond acceptors (Lipinski definition) is 3. The first-order valence-electron chi connectivity index (χ1n) is 9.42. The lowest BCUT2D eigenvalue weighted by Crippen LogP contribution is -2.47. The van der Waals surface area contributed by atoms with Gasteiger partial charge in [-0.2, -0.15) is 0 Å². The van der Waals surface area contributed by atoms with E-state index in [0.717, 1.165) is 18.9 Å². The molecule has 146 valence electrons. The Labute approximate surface area is 157 Å². The molecule has 2 amide bonds. The van der Waals surface area contributed by atoms with Crippen molar-refractivity contribution in [3.63, 3.8) is 0 Å². The number of fused-ring (bicyclic) bond motifs is 2. The van der Waals surface area contributed by atoms with E-state index in [1.807, 2.05) is 4.90 Å². The fourth-order valence-electron chi connectivity index (χ4n) is 5.03. The Balaban J connectivity index is 1.50. The van der Waals surface area contributed by atoms with Crippen LogP contribution in [0.5, 0.6) is 0 Å². The first kappa shape index (κ1) is 18.3. The van der Waals surface area contributed by atoms with E-state index in [-0.39, 0.29) is 28.5 Å². The van der Waals surface area contributed by atoms with Gasteiger partial charge in [0.25, 0.3) is 5.91 Å². The zero-order chi connectivity index (χ0) is 19.3. The molecule has 3 fully saturated rings. The number of carbonyl (C=O) groups excluding carboxylic acids is 2. The SMILES string of the molecule is CC(=O)N1CC2(CCN(C(=O)c3cc(C)c(F)cc3F)CC2)[C@H]2COC[C@H]21. The van der Waals surface area contributed by atoms with Crippen LogP contribution in [-0.2, 0) is 9.53 Å². The maximum absolute atomic E-state index is 14.1. The molecule has 1 aromatic carbocycles. The molecule has 0 unspecified atom stereocenters. The average Bonchev–Trinajstić information content (AvgIpc) is 3.22. The van der Waals surface area contributed by atoms with E-state index in [1.54, 1.807) is 11.8 Å². The van der Waals surface area contributed by atoms with Gasteiger partial charge in [-0.15, -0.1) is 0 Å². The Kier molecular flexibility index (Phi) is 4.45. The quantitative estimate of drug-likeness (QED) is 0.754. The van der Waals surface area contributed by atoms with Gasteiger partial charge >= 0.3 is 0 Å². The molecule has 3 aliphatic rings. The van der Waals surface area contributed by atoms with Crippen LogP contribution in [0, 0.1) is 29.9 Å². The van der Waals surface area contributed by atoms with Crippen molar-refractivity contribution in [2.24, 2.45) is 11.3 Å².